The first-order valence-corrected chi connectivity index (χ1v) is 6.78. The van der Waals surface area contributed by atoms with Gasteiger partial charge < -0.3 is 15.2 Å². The third kappa shape index (κ3) is 3.51. The molecule has 0 saturated heterocycles. The summed E-state index contributed by atoms with van der Waals surface area (Å²) in [6.07, 6.45) is 0.835. The first-order valence-electron chi connectivity index (χ1n) is 6.78. The van der Waals surface area contributed by atoms with Crippen LogP contribution in [0.15, 0.2) is 36.4 Å². The van der Waals surface area contributed by atoms with Crippen LogP contribution in [0.5, 0.6) is 5.75 Å². The van der Waals surface area contributed by atoms with Crippen molar-refractivity contribution in [1.82, 2.24) is 5.32 Å². The third-order valence-corrected chi connectivity index (χ3v) is 3.04. The molecule has 0 fully saturated rings. The van der Waals surface area contributed by atoms with Crippen LogP contribution in [-0.2, 0) is 4.79 Å². The minimum Gasteiger partial charge on any atom is -0.483 e. The van der Waals surface area contributed by atoms with Crippen molar-refractivity contribution in [2.45, 2.75) is 13.3 Å². The molecule has 0 saturated carbocycles. The predicted octanol–water partition coefficient (Wildman–Crippen LogP) is 2.44. The van der Waals surface area contributed by atoms with E-state index in [0.29, 0.717) is 11.9 Å². The van der Waals surface area contributed by atoms with Crippen LogP contribution in [0.3, 0.4) is 0 Å². The van der Waals surface area contributed by atoms with Gasteiger partial charge in [0.1, 0.15) is 11.3 Å². The maximum atomic E-state index is 11.5. The van der Waals surface area contributed by atoms with E-state index in [-0.39, 0.29) is 23.8 Å². The van der Waals surface area contributed by atoms with Gasteiger partial charge in [-0.25, -0.2) is 4.79 Å². The molecule has 0 aliphatic heterocycles. The Morgan fingerprint density at radius 3 is 2.67 bits per heavy atom. The molecule has 0 aromatic heterocycles. The zero-order valence-electron chi connectivity index (χ0n) is 11.8. The summed E-state index contributed by atoms with van der Waals surface area (Å²) in [6, 6.07) is 10.5. The van der Waals surface area contributed by atoms with Gasteiger partial charge in [0, 0.05) is 6.54 Å². The van der Waals surface area contributed by atoms with Gasteiger partial charge in [-0.3, -0.25) is 4.79 Å². The van der Waals surface area contributed by atoms with E-state index in [1.807, 2.05) is 19.1 Å². The third-order valence-electron chi connectivity index (χ3n) is 3.04. The first-order chi connectivity index (χ1) is 10.1. The summed E-state index contributed by atoms with van der Waals surface area (Å²) < 4.78 is 5.37. The smallest absolute Gasteiger partial charge is 0.340 e. The number of fused-ring (bicyclic) bond motifs is 1. The largest absolute Gasteiger partial charge is 0.483 e. The van der Waals surface area contributed by atoms with Crippen molar-refractivity contribution in [1.29, 1.82) is 0 Å². The minimum absolute atomic E-state index is 0.0800. The van der Waals surface area contributed by atoms with Crippen LogP contribution in [0.1, 0.15) is 23.7 Å². The SMILES string of the molecule is CCCNC(=O)COc1ccc2ccccc2c1C(=O)O. The highest BCUT2D eigenvalue weighted by Gasteiger charge is 2.16. The highest BCUT2D eigenvalue weighted by Crippen LogP contribution is 2.28. The number of aromatic carboxylic acids is 1. The number of carbonyl (C=O) groups is 2. The Morgan fingerprint density at radius 2 is 1.95 bits per heavy atom. The summed E-state index contributed by atoms with van der Waals surface area (Å²) in [5.41, 5.74) is 0.0800. The minimum atomic E-state index is -1.07. The van der Waals surface area contributed by atoms with Crippen LogP contribution in [0.4, 0.5) is 0 Å². The van der Waals surface area contributed by atoms with Gasteiger partial charge in [-0.15, -0.1) is 0 Å². The van der Waals surface area contributed by atoms with Crippen LogP contribution < -0.4 is 10.1 Å². The summed E-state index contributed by atoms with van der Waals surface area (Å²) in [4.78, 5) is 23.0. The van der Waals surface area contributed by atoms with E-state index < -0.39 is 5.97 Å². The fourth-order valence-electron chi connectivity index (χ4n) is 2.05. The molecule has 5 nitrogen and oxygen atoms in total. The lowest BCUT2D eigenvalue weighted by molar-refractivity contribution is -0.123. The fraction of sp³-hybridized carbons (Fsp3) is 0.250. The number of benzene rings is 2. The van der Waals surface area contributed by atoms with Crippen molar-refractivity contribution in [3.8, 4) is 5.75 Å². The van der Waals surface area contributed by atoms with Crippen molar-refractivity contribution in [2.75, 3.05) is 13.2 Å². The van der Waals surface area contributed by atoms with Crippen molar-refractivity contribution < 1.29 is 19.4 Å². The molecule has 0 aliphatic rings. The topological polar surface area (TPSA) is 75.6 Å². The number of carbonyl (C=O) groups excluding carboxylic acids is 1. The molecule has 0 radical (unpaired) electrons. The Hall–Kier alpha value is -2.56. The second-order valence-electron chi connectivity index (χ2n) is 4.60. The van der Waals surface area contributed by atoms with Gasteiger partial charge in [0.05, 0.1) is 0 Å². The molecule has 0 unspecified atom stereocenters. The number of hydrogen-bond donors (Lipinski definition) is 2. The highest BCUT2D eigenvalue weighted by atomic mass is 16.5. The Bertz CT molecular complexity index is 666. The van der Waals surface area contributed by atoms with E-state index in [2.05, 4.69) is 5.32 Å². The fourth-order valence-corrected chi connectivity index (χ4v) is 2.05. The van der Waals surface area contributed by atoms with Gasteiger partial charge in [0.25, 0.3) is 5.91 Å². The van der Waals surface area contributed by atoms with E-state index in [4.69, 9.17) is 4.74 Å². The Morgan fingerprint density at radius 1 is 1.19 bits per heavy atom. The van der Waals surface area contributed by atoms with E-state index in [0.717, 1.165) is 11.8 Å². The summed E-state index contributed by atoms with van der Waals surface area (Å²) in [5, 5.41) is 13.5. The lowest BCUT2D eigenvalue weighted by atomic mass is 10.0. The summed E-state index contributed by atoms with van der Waals surface area (Å²) in [6.45, 7) is 2.33. The van der Waals surface area contributed by atoms with Gasteiger partial charge in [-0.05, 0) is 23.3 Å². The van der Waals surface area contributed by atoms with Gasteiger partial charge in [0.2, 0.25) is 0 Å². The van der Waals surface area contributed by atoms with Crippen LogP contribution in [0.25, 0.3) is 10.8 Å². The molecule has 110 valence electrons. The predicted molar refractivity (Wildman–Crippen MR) is 79.7 cm³/mol. The van der Waals surface area contributed by atoms with E-state index in [1.54, 1.807) is 24.3 Å². The van der Waals surface area contributed by atoms with Crippen LogP contribution in [-0.4, -0.2) is 30.1 Å². The number of amides is 1. The number of hydrogen-bond acceptors (Lipinski definition) is 3. The van der Waals surface area contributed by atoms with Crippen LogP contribution in [0.2, 0.25) is 0 Å². The Balaban J connectivity index is 2.25. The number of carboxylic acids is 1. The first kappa shape index (κ1) is 14.8. The molecule has 21 heavy (non-hydrogen) atoms. The highest BCUT2D eigenvalue weighted by molar-refractivity contribution is 6.06. The lowest BCUT2D eigenvalue weighted by Gasteiger charge is -2.11. The second kappa shape index (κ2) is 6.74. The molecule has 1 amide bonds. The maximum Gasteiger partial charge on any atom is 0.340 e. The van der Waals surface area contributed by atoms with Gasteiger partial charge in [-0.1, -0.05) is 37.3 Å². The van der Waals surface area contributed by atoms with Crippen LogP contribution in [0, 0.1) is 0 Å². The monoisotopic (exact) mass is 287 g/mol. The Kier molecular flexibility index (Phi) is 4.77. The number of ether oxygens (including phenoxy) is 1. The quantitative estimate of drug-likeness (QED) is 0.855. The summed E-state index contributed by atoms with van der Waals surface area (Å²) in [7, 11) is 0. The molecule has 2 N–H and O–H groups in total. The number of carboxylic acid groups (broad SMARTS) is 1. The average molecular weight is 287 g/mol. The maximum absolute atomic E-state index is 11.5. The van der Waals surface area contributed by atoms with Gasteiger partial charge >= 0.3 is 5.97 Å². The molecule has 2 aromatic carbocycles. The summed E-state index contributed by atoms with van der Waals surface area (Å²) in [5.74, 6) is -1.13. The van der Waals surface area contributed by atoms with Crippen molar-refractivity contribution >= 4 is 22.6 Å². The van der Waals surface area contributed by atoms with Gasteiger partial charge in [-0.2, -0.15) is 0 Å². The van der Waals surface area contributed by atoms with E-state index in [9.17, 15) is 14.7 Å². The number of rotatable bonds is 6. The van der Waals surface area contributed by atoms with Crippen LogP contribution >= 0.6 is 0 Å². The van der Waals surface area contributed by atoms with Crippen molar-refractivity contribution in [3.05, 3.63) is 42.0 Å². The summed E-state index contributed by atoms with van der Waals surface area (Å²) >= 11 is 0. The molecule has 0 heterocycles. The molecular weight excluding hydrogens is 270 g/mol. The normalized spacial score (nSPS) is 10.3. The lowest BCUT2D eigenvalue weighted by Crippen LogP contribution is -2.29. The number of nitrogens with one attached hydrogen (secondary N) is 1. The Labute approximate surface area is 122 Å². The van der Waals surface area contributed by atoms with Crippen molar-refractivity contribution in [3.63, 3.8) is 0 Å². The average Bonchev–Trinajstić information content (AvgIpc) is 2.49. The standard InChI is InChI=1S/C16H17NO4/c1-2-9-17-14(18)10-21-13-8-7-11-5-3-4-6-12(11)15(13)16(19)20/h3-8H,2,9-10H2,1H3,(H,17,18)(H,19,20). The molecule has 5 heteroatoms. The molecule has 0 atom stereocenters. The van der Waals surface area contributed by atoms with Crippen molar-refractivity contribution in [2.24, 2.45) is 0 Å². The van der Waals surface area contributed by atoms with E-state index >= 15 is 0 Å². The zero-order chi connectivity index (χ0) is 15.2. The van der Waals surface area contributed by atoms with E-state index in [1.165, 1.54) is 0 Å². The molecule has 0 bridgehead atoms. The molecule has 2 aromatic rings. The zero-order valence-corrected chi connectivity index (χ0v) is 11.8. The molecule has 0 aliphatic carbocycles. The van der Waals surface area contributed by atoms with Gasteiger partial charge in [0.15, 0.2) is 6.61 Å². The molecule has 2 rings (SSSR count). The molecular formula is C16H17NO4. The second-order valence-corrected chi connectivity index (χ2v) is 4.60. The molecule has 0 spiro atoms.